The quantitative estimate of drug-likeness (QED) is 0.787. The van der Waals surface area contributed by atoms with E-state index < -0.39 is 11.9 Å². The summed E-state index contributed by atoms with van der Waals surface area (Å²) in [4.78, 5) is 31.2. The average Bonchev–Trinajstić information content (AvgIpc) is 3.11. The summed E-state index contributed by atoms with van der Waals surface area (Å²) >= 11 is 0. The number of fused-ring (bicyclic) bond motifs is 1. The maximum absolute atomic E-state index is 12.9. The lowest BCUT2D eigenvalue weighted by atomic mass is 10.1. The van der Waals surface area contributed by atoms with Crippen molar-refractivity contribution in [3.8, 4) is 0 Å². The van der Waals surface area contributed by atoms with E-state index in [1.807, 2.05) is 10.7 Å². The number of ether oxygens (including phenoxy) is 1. The number of anilines is 1. The van der Waals surface area contributed by atoms with Crippen LogP contribution in [0.5, 0.6) is 0 Å². The summed E-state index contributed by atoms with van der Waals surface area (Å²) in [5.74, 6) is 1.21. The second-order valence-electron chi connectivity index (χ2n) is 8.16. The molecule has 5 rings (SSSR count). The van der Waals surface area contributed by atoms with Gasteiger partial charge in [0.1, 0.15) is 18.2 Å². The molecule has 0 radical (unpaired) electrons. The molecule has 10 heteroatoms. The molecule has 2 amide bonds. The molecule has 2 fully saturated rings. The van der Waals surface area contributed by atoms with Crippen LogP contribution in [0.2, 0.25) is 0 Å². The van der Waals surface area contributed by atoms with E-state index in [1.165, 1.54) is 12.8 Å². The Morgan fingerprint density at radius 1 is 1.28 bits per heavy atom. The highest BCUT2D eigenvalue weighted by molar-refractivity contribution is 6.00. The largest absolute Gasteiger partial charge is 0.381 e. The van der Waals surface area contributed by atoms with E-state index in [4.69, 9.17) is 4.74 Å². The standard InChI is InChI=1S/C19H25N7O3/c1-24-16-8-15(13-2-3-13)22-26(16)6-4-14(19(24)28)21-18(27)17-20-11-25(23-17)9-12-5-7-29-10-12/h8,11-14H,2-7,9-10H2,1H3,(H,21,27)/t12?,14-/m0/s1. The van der Waals surface area contributed by atoms with E-state index in [0.29, 0.717) is 38.0 Å². The van der Waals surface area contributed by atoms with Gasteiger partial charge in [-0.05, 0) is 25.7 Å². The van der Waals surface area contributed by atoms with Gasteiger partial charge in [-0.25, -0.2) is 9.67 Å². The third kappa shape index (κ3) is 3.64. The van der Waals surface area contributed by atoms with Gasteiger partial charge in [0.2, 0.25) is 5.82 Å². The molecular weight excluding hydrogens is 374 g/mol. The van der Waals surface area contributed by atoms with Crippen molar-refractivity contribution < 1.29 is 14.3 Å². The van der Waals surface area contributed by atoms with Crippen molar-refractivity contribution in [2.45, 2.75) is 50.7 Å². The van der Waals surface area contributed by atoms with Crippen LogP contribution in [0.1, 0.15) is 47.9 Å². The monoisotopic (exact) mass is 399 g/mol. The zero-order chi connectivity index (χ0) is 20.0. The Labute approximate surface area is 168 Å². The molecule has 2 aromatic heterocycles. The third-order valence-corrected chi connectivity index (χ3v) is 5.89. The van der Waals surface area contributed by atoms with Gasteiger partial charge in [-0.15, -0.1) is 5.10 Å². The Balaban J connectivity index is 1.24. The molecule has 1 saturated heterocycles. The van der Waals surface area contributed by atoms with Gasteiger partial charge in [0, 0.05) is 44.6 Å². The molecule has 1 N–H and O–H groups in total. The van der Waals surface area contributed by atoms with Gasteiger partial charge in [-0.1, -0.05) is 0 Å². The molecule has 29 heavy (non-hydrogen) atoms. The van der Waals surface area contributed by atoms with Crippen LogP contribution in [0.25, 0.3) is 0 Å². The molecule has 1 aliphatic carbocycles. The molecular formula is C19H25N7O3. The topological polar surface area (TPSA) is 107 Å². The van der Waals surface area contributed by atoms with Crippen molar-refractivity contribution in [1.29, 1.82) is 0 Å². The Morgan fingerprint density at radius 3 is 2.90 bits per heavy atom. The van der Waals surface area contributed by atoms with Crippen molar-refractivity contribution in [1.82, 2.24) is 29.9 Å². The maximum Gasteiger partial charge on any atom is 0.291 e. The molecule has 154 valence electrons. The van der Waals surface area contributed by atoms with E-state index in [-0.39, 0.29) is 11.7 Å². The van der Waals surface area contributed by atoms with Crippen molar-refractivity contribution in [2.75, 3.05) is 25.2 Å². The summed E-state index contributed by atoms with van der Waals surface area (Å²) in [5.41, 5.74) is 1.06. The van der Waals surface area contributed by atoms with Gasteiger partial charge in [-0.2, -0.15) is 5.10 Å². The predicted octanol–water partition coefficient (Wildman–Crippen LogP) is 0.554. The van der Waals surface area contributed by atoms with E-state index in [0.717, 1.165) is 24.5 Å². The number of aromatic nitrogens is 5. The van der Waals surface area contributed by atoms with Gasteiger partial charge in [0.25, 0.3) is 11.8 Å². The third-order valence-electron chi connectivity index (χ3n) is 5.89. The lowest BCUT2D eigenvalue weighted by molar-refractivity contribution is -0.120. The highest BCUT2D eigenvalue weighted by atomic mass is 16.5. The summed E-state index contributed by atoms with van der Waals surface area (Å²) in [7, 11) is 1.73. The Kier molecular flexibility index (Phi) is 4.57. The number of likely N-dealkylation sites (N-methyl/N-ethyl adjacent to an activating group) is 1. The molecule has 2 aliphatic heterocycles. The number of nitrogens with one attached hydrogen (secondary N) is 1. The van der Waals surface area contributed by atoms with Gasteiger partial charge in [0.15, 0.2) is 0 Å². The number of carbonyl (C=O) groups excluding carboxylic acids is 2. The predicted molar refractivity (Wildman–Crippen MR) is 102 cm³/mol. The molecule has 0 spiro atoms. The van der Waals surface area contributed by atoms with Crippen molar-refractivity contribution in [3.05, 3.63) is 23.9 Å². The van der Waals surface area contributed by atoms with Gasteiger partial charge < -0.3 is 10.1 Å². The molecule has 1 unspecified atom stereocenters. The minimum absolute atomic E-state index is 0.0809. The number of aryl methyl sites for hydroxylation is 1. The molecule has 4 heterocycles. The van der Waals surface area contributed by atoms with Gasteiger partial charge in [-0.3, -0.25) is 19.2 Å². The zero-order valence-corrected chi connectivity index (χ0v) is 16.5. The molecule has 2 atom stereocenters. The molecule has 0 aromatic carbocycles. The summed E-state index contributed by atoms with van der Waals surface area (Å²) in [6, 6.07) is 1.36. The number of carbonyl (C=O) groups is 2. The van der Waals surface area contributed by atoms with Crippen molar-refractivity contribution in [3.63, 3.8) is 0 Å². The number of hydrogen-bond donors (Lipinski definition) is 1. The van der Waals surface area contributed by atoms with Crippen LogP contribution < -0.4 is 10.2 Å². The maximum atomic E-state index is 12.9. The second kappa shape index (κ2) is 7.25. The fraction of sp³-hybridized carbons (Fsp3) is 0.632. The summed E-state index contributed by atoms with van der Waals surface area (Å²) in [5, 5.41) is 11.7. The van der Waals surface area contributed by atoms with Crippen LogP contribution in [0.4, 0.5) is 5.82 Å². The molecule has 3 aliphatic rings. The first kappa shape index (κ1) is 18.3. The lowest BCUT2D eigenvalue weighted by Crippen LogP contribution is -2.47. The second-order valence-corrected chi connectivity index (χ2v) is 8.16. The molecule has 2 aromatic rings. The normalized spacial score (nSPS) is 24.4. The molecule has 0 bridgehead atoms. The van der Waals surface area contributed by atoms with Crippen LogP contribution in [0.3, 0.4) is 0 Å². The van der Waals surface area contributed by atoms with E-state index in [1.54, 1.807) is 23.0 Å². The minimum atomic E-state index is -0.631. The van der Waals surface area contributed by atoms with Crippen molar-refractivity contribution in [2.24, 2.45) is 5.92 Å². The number of rotatable bonds is 5. The summed E-state index contributed by atoms with van der Waals surface area (Å²) in [6.07, 6.45) is 5.36. The fourth-order valence-corrected chi connectivity index (χ4v) is 4.00. The van der Waals surface area contributed by atoms with Gasteiger partial charge in [0.05, 0.1) is 12.3 Å². The first-order chi connectivity index (χ1) is 14.1. The van der Waals surface area contributed by atoms with Crippen molar-refractivity contribution >= 4 is 17.6 Å². The number of nitrogens with zero attached hydrogens (tertiary/aromatic N) is 6. The molecule has 10 nitrogen and oxygen atoms in total. The van der Waals surface area contributed by atoms with Crippen LogP contribution in [0.15, 0.2) is 12.4 Å². The van der Waals surface area contributed by atoms with E-state index in [2.05, 4.69) is 20.5 Å². The smallest absolute Gasteiger partial charge is 0.291 e. The Bertz CT molecular complexity index is 926. The summed E-state index contributed by atoms with van der Waals surface area (Å²) < 4.78 is 8.91. The highest BCUT2D eigenvalue weighted by Gasteiger charge is 2.34. The Hall–Kier alpha value is -2.75. The van der Waals surface area contributed by atoms with Crippen LogP contribution in [-0.2, 0) is 22.6 Å². The summed E-state index contributed by atoms with van der Waals surface area (Å²) in [6.45, 7) is 2.73. The average molecular weight is 399 g/mol. The zero-order valence-electron chi connectivity index (χ0n) is 16.5. The lowest BCUT2D eigenvalue weighted by Gasteiger charge is -2.19. The molecule has 1 saturated carbocycles. The number of amides is 2. The first-order valence-electron chi connectivity index (χ1n) is 10.2. The SMILES string of the molecule is CN1C(=O)[C@@H](NC(=O)c2ncn(CC3CCOC3)n2)CCn2nc(C3CC3)cc21. The van der Waals surface area contributed by atoms with E-state index >= 15 is 0 Å². The fourth-order valence-electron chi connectivity index (χ4n) is 4.00. The number of hydrogen-bond acceptors (Lipinski definition) is 6. The highest BCUT2D eigenvalue weighted by Crippen LogP contribution is 2.40. The minimum Gasteiger partial charge on any atom is -0.381 e. The first-order valence-corrected chi connectivity index (χ1v) is 10.2. The van der Waals surface area contributed by atoms with Crippen LogP contribution in [0, 0.1) is 5.92 Å². The van der Waals surface area contributed by atoms with Crippen LogP contribution >= 0.6 is 0 Å². The van der Waals surface area contributed by atoms with Gasteiger partial charge >= 0.3 is 0 Å². The van der Waals surface area contributed by atoms with E-state index in [9.17, 15) is 9.59 Å². The Morgan fingerprint density at radius 2 is 2.14 bits per heavy atom. The van der Waals surface area contributed by atoms with Crippen LogP contribution in [-0.4, -0.2) is 62.7 Å².